The lowest BCUT2D eigenvalue weighted by molar-refractivity contribution is 0.245. The van der Waals surface area contributed by atoms with Crippen LogP contribution in [0.1, 0.15) is 0 Å². The number of rotatable bonds is 8. The number of hydrogen-bond acceptors (Lipinski definition) is 5. The number of ether oxygens (including phenoxy) is 1. The van der Waals surface area contributed by atoms with Gasteiger partial charge in [0, 0.05) is 18.8 Å². The average molecular weight is 269 g/mol. The third-order valence-corrected chi connectivity index (χ3v) is 3.17. The highest BCUT2D eigenvalue weighted by molar-refractivity contribution is 7.98. The first-order valence-corrected chi connectivity index (χ1v) is 7.29. The number of nitrogens with zero attached hydrogens (tertiary/aromatic N) is 1. The molecule has 0 heterocycles. The molecule has 0 aromatic heterocycles. The minimum atomic E-state index is -1.45. The Hall–Kier alpha value is -0.685. The van der Waals surface area contributed by atoms with Crippen molar-refractivity contribution in [2.45, 2.75) is 0 Å². The van der Waals surface area contributed by atoms with Crippen LogP contribution in [0.4, 0.5) is 0 Å². The maximum absolute atomic E-state index is 9.05. The van der Waals surface area contributed by atoms with E-state index in [9.17, 15) is 0 Å². The first kappa shape index (κ1) is 15.4. The molecular formula is C12H20BNO3S. The first-order chi connectivity index (χ1) is 8.63. The van der Waals surface area contributed by atoms with Gasteiger partial charge in [0.1, 0.15) is 12.4 Å². The molecule has 0 amide bonds. The van der Waals surface area contributed by atoms with E-state index in [-0.39, 0.29) is 0 Å². The Morgan fingerprint density at radius 2 is 2.11 bits per heavy atom. The van der Waals surface area contributed by atoms with Crippen molar-refractivity contribution in [3.05, 3.63) is 24.3 Å². The molecular weight excluding hydrogens is 249 g/mol. The van der Waals surface area contributed by atoms with E-state index >= 15 is 0 Å². The lowest BCUT2D eigenvalue weighted by Gasteiger charge is -2.16. The van der Waals surface area contributed by atoms with Gasteiger partial charge in [0.05, 0.1) is 0 Å². The molecule has 0 atom stereocenters. The summed E-state index contributed by atoms with van der Waals surface area (Å²) in [6, 6.07) is 6.87. The standard InChI is InChI=1S/C12H20BNO3S/c1-14(7-9-18-2)6-8-17-12-5-3-4-11(10-12)13(15)16/h3-5,10,15-16H,6-9H2,1-2H3. The fourth-order valence-electron chi connectivity index (χ4n) is 1.44. The quantitative estimate of drug-likeness (QED) is 0.653. The predicted octanol–water partition coefficient (Wildman–Crippen LogP) is 0.0400. The highest BCUT2D eigenvalue weighted by atomic mass is 32.2. The van der Waals surface area contributed by atoms with Crippen LogP contribution in [-0.4, -0.2) is 60.8 Å². The second-order valence-corrected chi connectivity index (χ2v) is 5.08. The summed E-state index contributed by atoms with van der Waals surface area (Å²) >= 11 is 1.83. The minimum Gasteiger partial charge on any atom is -0.492 e. The second kappa shape index (κ2) is 8.42. The Morgan fingerprint density at radius 3 is 2.78 bits per heavy atom. The number of benzene rings is 1. The Bertz CT molecular complexity index is 352. The van der Waals surface area contributed by atoms with E-state index in [0.717, 1.165) is 18.8 Å². The molecule has 0 bridgehead atoms. The maximum atomic E-state index is 9.05. The van der Waals surface area contributed by atoms with Crippen LogP contribution in [0.25, 0.3) is 0 Å². The summed E-state index contributed by atoms with van der Waals surface area (Å²) in [4.78, 5) is 2.21. The molecule has 2 N–H and O–H groups in total. The molecule has 0 spiro atoms. The summed E-state index contributed by atoms with van der Waals surface area (Å²) in [6.07, 6.45) is 2.09. The van der Waals surface area contributed by atoms with Crippen LogP contribution in [0.3, 0.4) is 0 Å². The molecule has 6 heteroatoms. The van der Waals surface area contributed by atoms with Crippen molar-refractivity contribution in [2.24, 2.45) is 0 Å². The largest absolute Gasteiger partial charge is 0.492 e. The third kappa shape index (κ3) is 5.77. The zero-order valence-electron chi connectivity index (χ0n) is 10.9. The van der Waals surface area contributed by atoms with Gasteiger partial charge >= 0.3 is 7.12 Å². The number of thioether (sulfide) groups is 1. The summed E-state index contributed by atoms with van der Waals surface area (Å²) in [7, 11) is 0.616. The topological polar surface area (TPSA) is 52.9 Å². The summed E-state index contributed by atoms with van der Waals surface area (Å²) < 4.78 is 5.58. The molecule has 0 saturated carbocycles. The van der Waals surface area contributed by atoms with E-state index in [1.54, 1.807) is 18.2 Å². The minimum absolute atomic E-state index is 0.447. The van der Waals surface area contributed by atoms with Gasteiger partial charge in [-0.15, -0.1) is 0 Å². The molecule has 100 valence electrons. The molecule has 4 nitrogen and oxygen atoms in total. The molecule has 0 aliphatic carbocycles. The Kier molecular flexibility index (Phi) is 7.19. The Labute approximate surface area is 113 Å². The smallest absolute Gasteiger partial charge is 0.488 e. The molecule has 0 saturated heterocycles. The molecule has 1 aromatic rings. The second-order valence-electron chi connectivity index (χ2n) is 4.09. The van der Waals surface area contributed by atoms with E-state index in [1.165, 1.54) is 0 Å². The number of likely N-dealkylation sites (N-methyl/N-ethyl adjacent to an activating group) is 1. The van der Waals surface area contributed by atoms with Crippen LogP contribution in [0.15, 0.2) is 24.3 Å². The summed E-state index contributed by atoms with van der Waals surface area (Å²) in [5, 5.41) is 18.1. The van der Waals surface area contributed by atoms with Gasteiger partial charge < -0.3 is 19.7 Å². The van der Waals surface area contributed by atoms with Gasteiger partial charge in [-0.3, -0.25) is 0 Å². The van der Waals surface area contributed by atoms with Crippen LogP contribution in [0.5, 0.6) is 5.75 Å². The fourth-order valence-corrected chi connectivity index (χ4v) is 1.94. The Morgan fingerprint density at radius 1 is 1.33 bits per heavy atom. The van der Waals surface area contributed by atoms with E-state index in [4.69, 9.17) is 14.8 Å². The summed E-state index contributed by atoms with van der Waals surface area (Å²) in [5.74, 6) is 1.78. The van der Waals surface area contributed by atoms with Gasteiger partial charge in [0.15, 0.2) is 0 Å². The highest BCUT2D eigenvalue weighted by Crippen LogP contribution is 2.07. The third-order valence-electron chi connectivity index (χ3n) is 2.58. The van der Waals surface area contributed by atoms with Crippen molar-refractivity contribution in [1.82, 2.24) is 4.90 Å². The Balaban J connectivity index is 2.32. The van der Waals surface area contributed by atoms with E-state index in [0.29, 0.717) is 17.8 Å². The van der Waals surface area contributed by atoms with Gasteiger partial charge in [0.2, 0.25) is 0 Å². The molecule has 0 unspecified atom stereocenters. The number of hydrogen-bond donors (Lipinski definition) is 2. The van der Waals surface area contributed by atoms with Gasteiger partial charge in [0.25, 0.3) is 0 Å². The van der Waals surface area contributed by atoms with E-state index in [1.807, 2.05) is 17.8 Å². The van der Waals surface area contributed by atoms with Crippen molar-refractivity contribution in [3.8, 4) is 5.75 Å². The highest BCUT2D eigenvalue weighted by Gasteiger charge is 2.10. The van der Waals surface area contributed by atoms with E-state index < -0.39 is 7.12 Å². The molecule has 1 aromatic carbocycles. The SMILES string of the molecule is CSCCN(C)CCOc1cccc(B(O)O)c1. The van der Waals surface area contributed by atoms with Crippen molar-refractivity contribution < 1.29 is 14.8 Å². The van der Waals surface area contributed by atoms with E-state index in [2.05, 4.69) is 18.2 Å². The molecule has 18 heavy (non-hydrogen) atoms. The van der Waals surface area contributed by atoms with Gasteiger partial charge in [-0.1, -0.05) is 12.1 Å². The van der Waals surface area contributed by atoms with Gasteiger partial charge in [-0.25, -0.2) is 0 Å². The maximum Gasteiger partial charge on any atom is 0.488 e. The molecule has 0 fully saturated rings. The van der Waals surface area contributed by atoms with Crippen LogP contribution in [0, 0.1) is 0 Å². The van der Waals surface area contributed by atoms with Crippen molar-refractivity contribution in [3.63, 3.8) is 0 Å². The monoisotopic (exact) mass is 269 g/mol. The van der Waals surface area contributed by atoms with Crippen molar-refractivity contribution in [2.75, 3.05) is 38.8 Å². The zero-order chi connectivity index (χ0) is 13.4. The first-order valence-electron chi connectivity index (χ1n) is 5.90. The van der Waals surface area contributed by atoms with Crippen LogP contribution < -0.4 is 10.2 Å². The molecule has 0 aliphatic heterocycles. The van der Waals surface area contributed by atoms with Gasteiger partial charge in [-0.05, 0) is 30.9 Å². The van der Waals surface area contributed by atoms with Crippen LogP contribution in [0.2, 0.25) is 0 Å². The van der Waals surface area contributed by atoms with Crippen molar-refractivity contribution >= 4 is 24.3 Å². The van der Waals surface area contributed by atoms with Gasteiger partial charge in [-0.2, -0.15) is 11.8 Å². The normalized spacial score (nSPS) is 10.7. The lowest BCUT2D eigenvalue weighted by Crippen LogP contribution is -2.30. The summed E-state index contributed by atoms with van der Waals surface area (Å²) in [5.41, 5.74) is 0.447. The van der Waals surface area contributed by atoms with Crippen LogP contribution in [-0.2, 0) is 0 Å². The van der Waals surface area contributed by atoms with Crippen molar-refractivity contribution in [1.29, 1.82) is 0 Å². The molecule has 0 radical (unpaired) electrons. The predicted molar refractivity (Wildman–Crippen MR) is 77.6 cm³/mol. The fraction of sp³-hybridized carbons (Fsp3) is 0.500. The molecule has 1 rings (SSSR count). The molecule has 0 aliphatic rings. The summed E-state index contributed by atoms with van der Waals surface area (Å²) in [6.45, 7) is 2.49. The average Bonchev–Trinajstić information content (AvgIpc) is 2.36. The lowest BCUT2D eigenvalue weighted by atomic mass is 9.80. The van der Waals surface area contributed by atoms with Crippen LogP contribution >= 0.6 is 11.8 Å². The zero-order valence-corrected chi connectivity index (χ0v) is 11.7.